The van der Waals surface area contributed by atoms with Crippen molar-refractivity contribution in [2.75, 3.05) is 0 Å². The molecule has 1 saturated heterocycles. The van der Waals surface area contributed by atoms with Crippen LogP contribution >= 0.6 is 0 Å². The second kappa shape index (κ2) is 16.4. The molecule has 1 fully saturated rings. The van der Waals surface area contributed by atoms with Crippen LogP contribution in [-0.2, 0) is 0 Å². The van der Waals surface area contributed by atoms with Crippen LogP contribution in [0.5, 0.6) is 0 Å². The van der Waals surface area contributed by atoms with Crippen molar-refractivity contribution in [1.29, 1.82) is 0 Å². The van der Waals surface area contributed by atoms with Gasteiger partial charge >= 0.3 is 0 Å². The normalized spacial score (nSPS) is 20.1. The van der Waals surface area contributed by atoms with Gasteiger partial charge < -0.3 is 4.90 Å². The molecule has 0 amide bonds. The number of allylic oxidation sites excluding steroid dienone is 18. The van der Waals surface area contributed by atoms with Crippen LogP contribution in [0.3, 0.4) is 0 Å². The van der Waals surface area contributed by atoms with E-state index in [9.17, 15) is 0 Å². The summed E-state index contributed by atoms with van der Waals surface area (Å²) in [6, 6.07) is 19.0. The molecule has 0 bridgehead atoms. The van der Waals surface area contributed by atoms with E-state index in [0.717, 1.165) is 39.0 Å². The number of nitrogens with zero attached hydrogens (tertiary/aromatic N) is 1. The van der Waals surface area contributed by atoms with Crippen molar-refractivity contribution in [3.63, 3.8) is 0 Å². The van der Waals surface area contributed by atoms with Gasteiger partial charge in [-0.3, -0.25) is 5.32 Å². The smallest absolute Gasteiger partial charge is 0.0997 e. The summed E-state index contributed by atoms with van der Waals surface area (Å²) in [5.74, 6) is 0. The highest BCUT2D eigenvalue weighted by molar-refractivity contribution is 5.93. The minimum atomic E-state index is 0.0172. The summed E-state index contributed by atoms with van der Waals surface area (Å²) in [4.78, 5) is 2.36. The largest absolute Gasteiger partial charge is 0.350 e. The Balaban J connectivity index is 1.67. The van der Waals surface area contributed by atoms with E-state index in [1.54, 1.807) is 18.2 Å². The van der Waals surface area contributed by atoms with Gasteiger partial charge in [-0.05, 0) is 56.7 Å². The summed E-state index contributed by atoms with van der Waals surface area (Å²) >= 11 is 0. The van der Waals surface area contributed by atoms with Gasteiger partial charge in [-0.2, -0.15) is 0 Å². The molecule has 224 valence electrons. The van der Waals surface area contributed by atoms with Crippen LogP contribution in [0.4, 0.5) is 0 Å². The maximum Gasteiger partial charge on any atom is 0.0997 e. The zero-order valence-corrected chi connectivity index (χ0v) is 25.9. The molecule has 2 aliphatic heterocycles. The van der Waals surface area contributed by atoms with Gasteiger partial charge in [0.2, 0.25) is 0 Å². The third kappa shape index (κ3) is 7.94. The van der Waals surface area contributed by atoms with Crippen molar-refractivity contribution in [2.45, 2.75) is 18.2 Å². The lowest BCUT2D eigenvalue weighted by Crippen LogP contribution is -2.33. The minimum absolute atomic E-state index is 0.0172. The number of hydrogen-bond acceptors (Lipinski definition) is 2. The summed E-state index contributed by atoms with van der Waals surface area (Å²) in [6.45, 7) is 24.7. The molecule has 45 heavy (non-hydrogen) atoms. The van der Waals surface area contributed by atoms with E-state index in [1.165, 1.54) is 5.56 Å². The fourth-order valence-corrected chi connectivity index (χ4v) is 5.65. The first-order valence-electron chi connectivity index (χ1n) is 15.1. The van der Waals surface area contributed by atoms with Gasteiger partial charge in [-0.1, -0.05) is 179 Å². The van der Waals surface area contributed by atoms with Crippen LogP contribution in [0.1, 0.15) is 22.7 Å². The van der Waals surface area contributed by atoms with Crippen LogP contribution in [0.25, 0.3) is 11.1 Å². The van der Waals surface area contributed by atoms with Crippen molar-refractivity contribution in [1.82, 2.24) is 10.2 Å². The van der Waals surface area contributed by atoms with Crippen molar-refractivity contribution >= 4 is 11.1 Å². The van der Waals surface area contributed by atoms with E-state index in [0.29, 0.717) is 0 Å². The SMILES string of the molecule is C=C/C=C(/C=C\C=C\C=C)C(=C/C=C)\c1ccccc1/C(=C/C=C)C(=C)/C=C\C(=C)C1NC2C=CC=CN2C1c1ccccc1. The Morgan fingerprint density at radius 3 is 2.02 bits per heavy atom. The predicted molar refractivity (Wildman–Crippen MR) is 197 cm³/mol. The van der Waals surface area contributed by atoms with Crippen molar-refractivity contribution in [3.05, 3.63) is 231 Å². The molecule has 0 aliphatic carbocycles. The van der Waals surface area contributed by atoms with Crippen LogP contribution in [0, 0.1) is 0 Å². The van der Waals surface area contributed by atoms with Crippen molar-refractivity contribution in [2.24, 2.45) is 0 Å². The number of hydrogen-bond donors (Lipinski definition) is 1. The van der Waals surface area contributed by atoms with E-state index in [-0.39, 0.29) is 18.2 Å². The molecule has 2 heteroatoms. The second-order valence-electron chi connectivity index (χ2n) is 10.6. The maximum atomic E-state index is 4.51. The molecule has 2 aromatic rings. The van der Waals surface area contributed by atoms with E-state index in [4.69, 9.17) is 0 Å². The molecule has 2 heterocycles. The van der Waals surface area contributed by atoms with Gasteiger partial charge in [-0.15, -0.1) is 0 Å². The molecule has 0 radical (unpaired) electrons. The third-order valence-corrected chi connectivity index (χ3v) is 7.68. The standard InChI is InChI=1S/C43H42N2/c1-7-11-12-14-24-35(21-8-2)38(23-10-4)40-28-18-17-27-39(40)37(22-9-3)33(5)30-31-34(6)42-43(36-25-15-13-16-26-36)45-32-20-19-29-41(45)44-42/h7-32,41-44H,1-6H2/b12-11+,24-14-,31-30-,35-21-,37-22+,38-23+. The summed E-state index contributed by atoms with van der Waals surface area (Å²) < 4.78 is 0. The van der Waals surface area contributed by atoms with Gasteiger partial charge in [0.05, 0.1) is 18.2 Å². The van der Waals surface area contributed by atoms with E-state index < -0.39 is 0 Å². The van der Waals surface area contributed by atoms with Crippen LogP contribution < -0.4 is 5.32 Å². The Kier molecular flexibility index (Phi) is 11.8. The maximum absolute atomic E-state index is 4.51. The lowest BCUT2D eigenvalue weighted by Gasteiger charge is -2.29. The molecule has 1 N–H and O–H groups in total. The summed E-state index contributed by atoms with van der Waals surface area (Å²) in [6.07, 6.45) is 33.8. The summed E-state index contributed by atoms with van der Waals surface area (Å²) in [7, 11) is 0. The molecular formula is C43H42N2. The van der Waals surface area contributed by atoms with Gasteiger partial charge in [0.15, 0.2) is 0 Å². The minimum Gasteiger partial charge on any atom is -0.350 e. The van der Waals surface area contributed by atoms with Gasteiger partial charge in [0.1, 0.15) is 0 Å². The highest BCUT2D eigenvalue weighted by Crippen LogP contribution is 2.38. The molecule has 2 nitrogen and oxygen atoms in total. The molecular weight excluding hydrogens is 544 g/mol. The average molecular weight is 587 g/mol. The number of fused-ring (bicyclic) bond motifs is 1. The molecule has 2 aromatic carbocycles. The number of nitrogens with one attached hydrogen (secondary N) is 1. The van der Waals surface area contributed by atoms with Crippen LogP contribution in [-0.4, -0.2) is 17.1 Å². The molecule has 3 unspecified atom stereocenters. The van der Waals surface area contributed by atoms with Crippen LogP contribution in [0.15, 0.2) is 214 Å². The Bertz CT molecular complexity index is 1680. The van der Waals surface area contributed by atoms with Crippen LogP contribution in [0.2, 0.25) is 0 Å². The molecule has 3 atom stereocenters. The first-order valence-corrected chi connectivity index (χ1v) is 15.1. The van der Waals surface area contributed by atoms with Crippen molar-refractivity contribution < 1.29 is 0 Å². The van der Waals surface area contributed by atoms with E-state index >= 15 is 0 Å². The number of rotatable bonds is 14. The van der Waals surface area contributed by atoms with Gasteiger partial charge in [0.25, 0.3) is 0 Å². The monoisotopic (exact) mass is 586 g/mol. The summed E-state index contributed by atoms with van der Waals surface area (Å²) in [5.41, 5.74) is 8.13. The molecule has 0 saturated carbocycles. The molecule has 0 spiro atoms. The van der Waals surface area contributed by atoms with Gasteiger partial charge in [0, 0.05) is 6.20 Å². The van der Waals surface area contributed by atoms with E-state index in [2.05, 4.69) is 135 Å². The lowest BCUT2D eigenvalue weighted by molar-refractivity contribution is 0.303. The molecule has 2 aliphatic rings. The highest BCUT2D eigenvalue weighted by Gasteiger charge is 2.40. The zero-order chi connectivity index (χ0) is 32.0. The fraction of sp³-hybridized carbons (Fsp3) is 0.0698. The van der Waals surface area contributed by atoms with Crippen molar-refractivity contribution in [3.8, 4) is 0 Å². The first kappa shape index (κ1) is 32.5. The first-order chi connectivity index (χ1) is 22.0. The quantitative estimate of drug-likeness (QED) is 0.222. The predicted octanol–water partition coefficient (Wildman–Crippen LogP) is 10.3. The lowest BCUT2D eigenvalue weighted by atomic mass is 9.86. The molecule has 0 aromatic heterocycles. The highest BCUT2D eigenvalue weighted by atomic mass is 15.4. The average Bonchev–Trinajstić information content (AvgIpc) is 3.47. The summed E-state index contributed by atoms with van der Waals surface area (Å²) in [5, 5.41) is 3.77. The Morgan fingerprint density at radius 1 is 0.667 bits per heavy atom. The zero-order valence-electron chi connectivity index (χ0n) is 25.9. The second-order valence-corrected chi connectivity index (χ2v) is 10.6. The Hall–Kier alpha value is -5.44. The third-order valence-electron chi connectivity index (χ3n) is 7.68. The molecule has 4 rings (SSSR count). The topological polar surface area (TPSA) is 15.3 Å². The fourth-order valence-electron chi connectivity index (χ4n) is 5.65. The number of benzene rings is 2. The van der Waals surface area contributed by atoms with E-state index in [1.807, 2.05) is 54.7 Å². The Labute approximate surface area is 269 Å². The Morgan fingerprint density at radius 2 is 1.33 bits per heavy atom. The van der Waals surface area contributed by atoms with Gasteiger partial charge in [-0.25, -0.2) is 0 Å².